The molecule has 1 aromatic carbocycles. The van der Waals surface area contributed by atoms with Gasteiger partial charge in [0.1, 0.15) is 10.8 Å². The zero-order chi connectivity index (χ0) is 23.4. The van der Waals surface area contributed by atoms with Crippen LogP contribution in [0.5, 0.6) is 17.4 Å². The van der Waals surface area contributed by atoms with Crippen LogP contribution < -0.4 is 14.2 Å². The second-order valence-electron chi connectivity index (χ2n) is 8.19. The first-order chi connectivity index (χ1) is 15.7. The molecule has 33 heavy (non-hydrogen) atoms. The largest absolute Gasteiger partial charge is 0.586 e. The first kappa shape index (κ1) is 21.6. The maximum absolute atomic E-state index is 13.4. The van der Waals surface area contributed by atoms with E-state index < -0.39 is 11.7 Å². The summed E-state index contributed by atoms with van der Waals surface area (Å²) < 4.78 is 40.8. The summed E-state index contributed by atoms with van der Waals surface area (Å²) in [6.07, 6.45) is -0.689. The molecule has 0 unspecified atom stereocenters. The lowest BCUT2D eigenvalue weighted by molar-refractivity contribution is -0.286. The molecule has 3 aromatic rings. The summed E-state index contributed by atoms with van der Waals surface area (Å²) in [6.45, 7) is 1.91. The molecule has 0 saturated heterocycles. The second-order valence-corrected chi connectivity index (χ2v) is 8.60. The number of fused-ring (bicyclic) bond motifs is 1. The van der Waals surface area contributed by atoms with Crippen LogP contribution in [0.2, 0.25) is 5.02 Å². The molecule has 1 aliphatic heterocycles. The Morgan fingerprint density at radius 2 is 1.91 bits per heavy atom. The number of rotatable bonds is 6. The van der Waals surface area contributed by atoms with E-state index in [1.54, 1.807) is 18.3 Å². The molecule has 1 aliphatic carbocycles. The van der Waals surface area contributed by atoms with Gasteiger partial charge in [-0.1, -0.05) is 23.7 Å². The highest BCUT2D eigenvalue weighted by Crippen LogP contribution is 2.52. The van der Waals surface area contributed by atoms with Crippen molar-refractivity contribution in [2.45, 2.75) is 37.9 Å². The van der Waals surface area contributed by atoms with Crippen LogP contribution in [0.3, 0.4) is 0 Å². The van der Waals surface area contributed by atoms with E-state index in [1.165, 1.54) is 19.2 Å². The molecule has 0 atom stereocenters. The number of Topliss-reactive ketones (excluding diaryl/α,β-unsaturated/α-hetero) is 1. The molecule has 3 heterocycles. The third kappa shape index (κ3) is 3.88. The molecule has 2 aliphatic rings. The lowest BCUT2D eigenvalue weighted by atomic mass is 9.88. The zero-order valence-electron chi connectivity index (χ0n) is 17.8. The predicted octanol–water partition coefficient (Wildman–Crippen LogP) is 5.28. The maximum atomic E-state index is 13.4. The van der Waals surface area contributed by atoms with Gasteiger partial charge in [0.15, 0.2) is 11.5 Å². The first-order valence-corrected chi connectivity index (χ1v) is 10.7. The molecule has 0 bridgehead atoms. The van der Waals surface area contributed by atoms with Gasteiger partial charge in [-0.3, -0.25) is 9.78 Å². The number of hydrogen-bond donors (Lipinski definition) is 0. The van der Waals surface area contributed by atoms with E-state index in [0.717, 1.165) is 5.56 Å². The van der Waals surface area contributed by atoms with Crippen molar-refractivity contribution in [2.75, 3.05) is 7.11 Å². The summed E-state index contributed by atoms with van der Waals surface area (Å²) >= 11 is 6.21. The Bertz CT molecular complexity index is 1280. The van der Waals surface area contributed by atoms with Gasteiger partial charge < -0.3 is 14.2 Å². The van der Waals surface area contributed by atoms with Gasteiger partial charge in [0.25, 0.3) is 0 Å². The molecule has 1 saturated carbocycles. The fourth-order valence-corrected chi connectivity index (χ4v) is 4.34. The van der Waals surface area contributed by atoms with Crippen molar-refractivity contribution in [3.05, 3.63) is 64.4 Å². The fraction of sp³-hybridized carbons (Fsp3) is 0.292. The van der Waals surface area contributed by atoms with Crippen LogP contribution in [0.15, 0.2) is 42.6 Å². The molecule has 1 fully saturated rings. The van der Waals surface area contributed by atoms with Gasteiger partial charge in [0.2, 0.25) is 5.88 Å². The highest BCUT2D eigenvalue weighted by molar-refractivity contribution is 6.32. The van der Waals surface area contributed by atoms with Crippen LogP contribution >= 0.6 is 11.6 Å². The number of aromatic nitrogens is 2. The predicted molar refractivity (Wildman–Crippen MR) is 116 cm³/mol. The number of aryl methyl sites for hydroxylation is 1. The Hall–Kier alpha value is -3.26. The van der Waals surface area contributed by atoms with Crippen molar-refractivity contribution < 1.29 is 27.8 Å². The normalized spacial score (nSPS) is 17.0. The minimum Gasteiger partial charge on any atom is -0.480 e. The Kier molecular flexibility index (Phi) is 5.01. The molecular formula is C24H19ClF2N2O4. The standard InChI is InChI=1S/C24H19ClF2N2O4/c1-13-3-5-16(29-21(13)14-9-17(25)22(31-2)28-12-14)11-20(30)23(7-8-23)15-4-6-18-19(10-15)33-24(26,27)32-18/h3-6,9-10,12H,7-8,11H2,1-2H3. The molecule has 0 radical (unpaired) electrons. The summed E-state index contributed by atoms with van der Waals surface area (Å²) in [5.41, 5.74) is 2.82. The zero-order valence-corrected chi connectivity index (χ0v) is 18.6. The Morgan fingerprint density at radius 1 is 1.15 bits per heavy atom. The number of alkyl halides is 2. The molecule has 0 amide bonds. The topological polar surface area (TPSA) is 70.5 Å². The molecular weight excluding hydrogens is 454 g/mol. The molecule has 0 spiro atoms. The van der Waals surface area contributed by atoms with E-state index in [9.17, 15) is 13.6 Å². The van der Waals surface area contributed by atoms with Crippen molar-refractivity contribution in [1.82, 2.24) is 9.97 Å². The molecule has 170 valence electrons. The van der Waals surface area contributed by atoms with Crippen LogP contribution in [-0.4, -0.2) is 29.2 Å². The van der Waals surface area contributed by atoms with E-state index in [4.69, 9.17) is 16.3 Å². The summed E-state index contributed by atoms with van der Waals surface area (Å²) in [6, 6.07) is 9.96. The molecule has 5 rings (SSSR count). The van der Waals surface area contributed by atoms with Crippen LogP contribution in [0.1, 0.15) is 29.7 Å². The maximum Gasteiger partial charge on any atom is 0.586 e. The quantitative estimate of drug-likeness (QED) is 0.486. The third-order valence-corrected chi connectivity index (χ3v) is 6.28. The Labute approximate surface area is 193 Å². The molecule has 0 N–H and O–H groups in total. The van der Waals surface area contributed by atoms with E-state index in [0.29, 0.717) is 46.3 Å². The van der Waals surface area contributed by atoms with E-state index in [-0.39, 0.29) is 23.7 Å². The van der Waals surface area contributed by atoms with Gasteiger partial charge in [-0.05, 0) is 55.2 Å². The average molecular weight is 473 g/mol. The number of ether oxygens (including phenoxy) is 3. The number of carbonyl (C=O) groups excluding carboxylic acids is 1. The highest BCUT2D eigenvalue weighted by atomic mass is 35.5. The lowest BCUT2D eigenvalue weighted by Gasteiger charge is -2.16. The van der Waals surface area contributed by atoms with Crippen molar-refractivity contribution in [3.8, 4) is 28.6 Å². The number of pyridine rings is 2. The monoisotopic (exact) mass is 472 g/mol. The van der Waals surface area contributed by atoms with Crippen LogP contribution in [-0.2, 0) is 16.6 Å². The number of benzene rings is 1. The minimum absolute atomic E-state index is 0.0266. The second kappa shape index (κ2) is 7.66. The Morgan fingerprint density at radius 3 is 2.61 bits per heavy atom. The van der Waals surface area contributed by atoms with Crippen LogP contribution in [0.25, 0.3) is 11.3 Å². The summed E-state index contributed by atoms with van der Waals surface area (Å²) in [5, 5.41) is 0.364. The summed E-state index contributed by atoms with van der Waals surface area (Å²) in [7, 11) is 1.49. The van der Waals surface area contributed by atoms with E-state index >= 15 is 0 Å². The number of hydrogen-bond acceptors (Lipinski definition) is 6. The Balaban J connectivity index is 1.40. The van der Waals surface area contributed by atoms with Gasteiger partial charge in [-0.15, -0.1) is 8.78 Å². The van der Waals surface area contributed by atoms with Crippen LogP contribution in [0.4, 0.5) is 8.78 Å². The van der Waals surface area contributed by atoms with Gasteiger partial charge in [0, 0.05) is 23.9 Å². The molecule has 6 nitrogen and oxygen atoms in total. The highest BCUT2D eigenvalue weighted by Gasteiger charge is 2.52. The fourth-order valence-electron chi connectivity index (χ4n) is 4.10. The van der Waals surface area contributed by atoms with Gasteiger partial charge in [-0.25, -0.2) is 4.98 Å². The van der Waals surface area contributed by atoms with Crippen LogP contribution in [0, 0.1) is 6.92 Å². The van der Waals surface area contributed by atoms with Gasteiger partial charge >= 0.3 is 6.29 Å². The number of ketones is 1. The first-order valence-electron chi connectivity index (χ1n) is 10.3. The number of methoxy groups -OCH3 is 1. The molecule has 9 heteroatoms. The van der Waals surface area contributed by atoms with Crippen molar-refractivity contribution in [2.24, 2.45) is 0 Å². The SMILES string of the molecule is COc1ncc(-c2nc(CC(=O)C3(c4ccc5c(c4)OC(F)(F)O5)CC3)ccc2C)cc1Cl. The smallest absolute Gasteiger partial charge is 0.480 e. The van der Waals surface area contributed by atoms with Crippen molar-refractivity contribution in [1.29, 1.82) is 0 Å². The van der Waals surface area contributed by atoms with E-state index in [2.05, 4.69) is 19.4 Å². The number of carbonyl (C=O) groups is 1. The lowest BCUT2D eigenvalue weighted by Crippen LogP contribution is -2.26. The van der Waals surface area contributed by atoms with E-state index in [1.807, 2.05) is 19.1 Å². The average Bonchev–Trinajstić information content (AvgIpc) is 3.52. The number of halogens is 3. The van der Waals surface area contributed by atoms with Gasteiger partial charge in [-0.2, -0.15) is 0 Å². The van der Waals surface area contributed by atoms with Gasteiger partial charge in [0.05, 0.1) is 18.2 Å². The minimum atomic E-state index is -3.69. The summed E-state index contributed by atoms with van der Waals surface area (Å²) in [5.74, 6) is 0.197. The number of nitrogens with zero attached hydrogens (tertiary/aromatic N) is 2. The third-order valence-electron chi connectivity index (χ3n) is 6.01. The molecule has 2 aromatic heterocycles. The summed E-state index contributed by atoms with van der Waals surface area (Å²) in [4.78, 5) is 22.2. The van der Waals surface area contributed by atoms with Crippen molar-refractivity contribution in [3.63, 3.8) is 0 Å². The van der Waals surface area contributed by atoms with Crippen molar-refractivity contribution >= 4 is 17.4 Å².